The Balaban J connectivity index is 2.63. The maximum Gasteiger partial charge on any atom is 0.0463 e. The summed E-state index contributed by atoms with van der Waals surface area (Å²) in [5.41, 5.74) is -0.127. The average Bonchev–Trinajstić information content (AvgIpc) is 1.84. The summed E-state index contributed by atoms with van der Waals surface area (Å²) < 4.78 is 0. The fourth-order valence-corrected chi connectivity index (χ4v) is 1.43. The van der Waals surface area contributed by atoms with E-state index in [1.54, 1.807) is 0 Å². The molecule has 1 fully saturated rings. The molecular formula is C8H16NO. The fraction of sp³-hybridized carbons (Fsp3) is 1.00. The van der Waals surface area contributed by atoms with Crippen molar-refractivity contribution in [3.8, 4) is 0 Å². The summed E-state index contributed by atoms with van der Waals surface area (Å²) in [6.45, 7) is 6.94. The molecule has 1 aliphatic heterocycles. The van der Waals surface area contributed by atoms with Crippen molar-refractivity contribution in [3.05, 3.63) is 0 Å². The highest BCUT2D eigenvalue weighted by molar-refractivity contribution is 4.85. The van der Waals surface area contributed by atoms with Gasteiger partial charge in [-0.15, -0.1) is 10.3 Å². The zero-order valence-electron chi connectivity index (χ0n) is 7.05. The van der Waals surface area contributed by atoms with E-state index in [-0.39, 0.29) is 5.54 Å². The van der Waals surface area contributed by atoms with Gasteiger partial charge in [-0.2, -0.15) is 0 Å². The van der Waals surface area contributed by atoms with E-state index in [9.17, 15) is 5.21 Å². The van der Waals surface area contributed by atoms with E-state index in [0.29, 0.717) is 5.92 Å². The minimum atomic E-state index is -0.127. The van der Waals surface area contributed by atoms with Gasteiger partial charge in [-0.25, -0.2) is 0 Å². The lowest BCUT2D eigenvalue weighted by Gasteiger charge is -2.41. The topological polar surface area (TPSA) is 23.1 Å². The van der Waals surface area contributed by atoms with Crippen molar-refractivity contribution in [2.24, 2.45) is 5.92 Å². The van der Waals surface area contributed by atoms with E-state index < -0.39 is 0 Å². The maximum atomic E-state index is 11.2. The molecule has 0 spiro atoms. The molecule has 1 heterocycles. The van der Waals surface area contributed by atoms with E-state index >= 15 is 0 Å². The summed E-state index contributed by atoms with van der Waals surface area (Å²) >= 11 is 0. The molecule has 0 bridgehead atoms. The number of nitrogens with zero attached hydrogens (tertiary/aromatic N) is 1. The van der Waals surface area contributed by atoms with Crippen LogP contribution in [0.1, 0.15) is 33.6 Å². The standard InChI is InChI=1S/C8H16NO/c1-7-5-4-6-9(10)8(7,2)3/h7H,4-6H2,1-3H3. The molecule has 59 valence electrons. The van der Waals surface area contributed by atoms with E-state index in [2.05, 4.69) is 6.92 Å². The first-order valence-electron chi connectivity index (χ1n) is 4.00. The minimum Gasteiger partial charge on any atom is -0.149 e. The first kappa shape index (κ1) is 8.02. The van der Waals surface area contributed by atoms with Gasteiger partial charge in [-0.05, 0) is 32.6 Å². The van der Waals surface area contributed by atoms with Crippen LogP contribution < -0.4 is 0 Å². The molecule has 1 aliphatic rings. The lowest BCUT2D eigenvalue weighted by atomic mass is 9.82. The Bertz CT molecular complexity index is 110. The van der Waals surface area contributed by atoms with Crippen molar-refractivity contribution in [1.82, 2.24) is 5.06 Å². The average molecular weight is 142 g/mol. The highest BCUT2D eigenvalue weighted by Gasteiger charge is 2.35. The Labute approximate surface area is 62.8 Å². The van der Waals surface area contributed by atoms with Crippen LogP contribution in [0.3, 0.4) is 0 Å². The highest BCUT2D eigenvalue weighted by Crippen LogP contribution is 2.31. The summed E-state index contributed by atoms with van der Waals surface area (Å²) in [4.78, 5) is 0. The van der Waals surface area contributed by atoms with Crippen molar-refractivity contribution in [2.45, 2.75) is 39.2 Å². The largest absolute Gasteiger partial charge is 0.149 e. The van der Waals surface area contributed by atoms with Crippen LogP contribution in [-0.4, -0.2) is 17.1 Å². The molecule has 1 saturated heterocycles. The Morgan fingerprint density at radius 1 is 1.50 bits per heavy atom. The van der Waals surface area contributed by atoms with E-state index in [1.807, 2.05) is 13.8 Å². The smallest absolute Gasteiger partial charge is 0.0463 e. The predicted molar refractivity (Wildman–Crippen MR) is 39.9 cm³/mol. The first-order valence-corrected chi connectivity index (χ1v) is 4.00. The lowest BCUT2D eigenvalue weighted by Crippen LogP contribution is -2.49. The van der Waals surface area contributed by atoms with Gasteiger partial charge in [-0.3, -0.25) is 0 Å². The molecule has 1 rings (SSSR count). The third-order valence-corrected chi connectivity index (χ3v) is 2.85. The quantitative estimate of drug-likeness (QED) is 0.506. The van der Waals surface area contributed by atoms with Crippen LogP contribution in [-0.2, 0) is 5.21 Å². The molecule has 0 saturated carbocycles. The Kier molecular flexibility index (Phi) is 2.02. The predicted octanol–water partition coefficient (Wildman–Crippen LogP) is 1.84. The number of rotatable bonds is 0. The second kappa shape index (κ2) is 2.51. The second-order valence-electron chi connectivity index (χ2n) is 3.80. The van der Waals surface area contributed by atoms with E-state index in [1.165, 1.54) is 11.5 Å². The van der Waals surface area contributed by atoms with Crippen LogP contribution >= 0.6 is 0 Å². The molecule has 0 aromatic heterocycles. The molecular weight excluding hydrogens is 126 g/mol. The van der Waals surface area contributed by atoms with Crippen molar-refractivity contribution in [2.75, 3.05) is 6.54 Å². The molecule has 2 nitrogen and oxygen atoms in total. The summed E-state index contributed by atoms with van der Waals surface area (Å²) in [6.07, 6.45) is 2.26. The van der Waals surface area contributed by atoms with Crippen LogP contribution in [0.15, 0.2) is 0 Å². The summed E-state index contributed by atoms with van der Waals surface area (Å²) in [7, 11) is 0. The molecule has 0 amide bonds. The van der Waals surface area contributed by atoms with Gasteiger partial charge in [0, 0.05) is 12.1 Å². The Morgan fingerprint density at radius 3 is 2.50 bits per heavy atom. The molecule has 0 aromatic carbocycles. The van der Waals surface area contributed by atoms with Gasteiger partial charge >= 0.3 is 0 Å². The van der Waals surface area contributed by atoms with Crippen LogP contribution in [0.25, 0.3) is 0 Å². The normalized spacial score (nSPS) is 34.2. The van der Waals surface area contributed by atoms with Gasteiger partial charge in [0.2, 0.25) is 0 Å². The van der Waals surface area contributed by atoms with Crippen molar-refractivity contribution < 1.29 is 5.21 Å². The Morgan fingerprint density at radius 2 is 2.10 bits per heavy atom. The summed E-state index contributed by atoms with van der Waals surface area (Å²) in [5, 5.41) is 12.5. The molecule has 0 aliphatic carbocycles. The third kappa shape index (κ3) is 1.18. The fourth-order valence-electron chi connectivity index (χ4n) is 1.43. The van der Waals surface area contributed by atoms with Crippen LogP contribution in [0.4, 0.5) is 0 Å². The molecule has 1 radical (unpaired) electrons. The second-order valence-corrected chi connectivity index (χ2v) is 3.80. The monoisotopic (exact) mass is 142 g/mol. The van der Waals surface area contributed by atoms with Gasteiger partial charge in [0.15, 0.2) is 0 Å². The molecule has 1 unspecified atom stereocenters. The highest BCUT2D eigenvalue weighted by atomic mass is 16.5. The Hall–Kier alpha value is -0.0800. The first-order chi connectivity index (χ1) is 4.55. The minimum absolute atomic E-state index is 0.127. The molecule has 1 atom stereocenters. The molecule has 0 aromatic rings. The van der Waals surface area contributed by atoms with Gasteiger partial charge in [0.05, 0.1) is 0 Å². The molecule has 0 N–H and O–H groups in total. The van der Waals surface area contributed by atoms with Crippen LogP contribution in [0, 0.1) is 5.92 Å². The maximum absolute atomic E-state index is 11.2. The van der Waals surface area contributed by atoms with Crippen molar-refractivity contribution in [1.29, 1.82) is 0 Å². The summed E-state index contributed by atoms with van der Waals surface area (Å²) in [6, 6.07) is 0. The van der Waals surface area contributed by atoms with E-state index in [0.717, 1.165) is 13.0 Å². The number of hydrogen-bond acceptors (Lipinski definition) is 1. The van der Waals surface area contributed by atoms with Gasteiger partial charge in [-0.1, -0.05) is 6.92 Å². The van der Waals surface area contributed by atoms with Gasteiger partial charge in [0.1, 0.15) is 0 Å². The molecule has 2 heteroatoms. The number of hydrogen-bond donors (Lipinski definition) is 0. The lowest BCUT2D eigenvalue weighted by molar-refractivity contribution is -0.244. The zero-order valence-corrected chi connectivity index (χ0v) is 7.05. The summed E-state index contributed by atoms with van der Waals surface area (Å²) in [5.74, 6) is 0.541. The van der Waals surface area contributed by atoms with Crippen LogP contribution in [0.5, 0.6) is 0 Å². The SMILES string of the molecule is CC1CCCN([O])C1(C)C. The third-order valence-electron chi connectivity index (χ3n) is 2.85. The van der Waals surface area contributed by atoms with Crippen molar-refractivity contribution >= 4 is 0 Å². The molecule has 10 heavy (non-hydrogen) atoms. The van der Waals surface area contributed by atoms with Crippen LogP contribution in [0.2, 0.25) is 0 Å². The van der Waals surface area contributed by atoms with Gasteiger partial charge in [0.25, 0.3) is 0 Å². The number of piperidine rings is 1. The van der Waals surface area contributed by atoms with Gasteiger partial charge < -0.3 is 0 Å². The number of hydroxylamine groups is 2. The van der Waals surface area contributed by atoms with E-state index in [4.69, 9.17) is 0 Å². The van der Waals surface area contributed by atoms with Crippen molar-refractivity contribution in [3.63, 3.8) is 0 Å². The zero-order chi connectivity index (χ0) is 7.78.